The molecule has 3 fully saturated rings. The Labute approximate surface area is 201 Å². The van der Waals surface area contributed by atoms with E-state index in [2.05, 4.69) is 71.1 Å². The number of H-pyrrole nitrogens is 1. The molecular formula is C29H33N3O2. The molecule has 2 aromatic carbocycles. The first-order chi connectivity index (χ1) is 16.4. The number of nitrogens with one attached hydrogen (secondary N) is 1. The standard InChI is InChI=1S/C29H33N3O2/c1-18-12-13-21-16-23(30-22(21)14-18)28(34)32-24(15-20-8-5-4-6-9-20)25-17-29(3)26(31(25)19(2)33)10-7-11-27(29)32/h4-6,8-9,12-14,16,24-27,30H,7,10-11,15,17H2,1-3H3/t24-,25-,26-,27+,29-/m0/s1. The van der Waals surface area contributed by atoms with Gasteiger partial charge in [-0.05, 0) is 62.3 Å². The van der Waals surface area contributed by atoms with Crippen molar-refractivity contribution in [3.8, 4) is 0 Å². The highest BCUT2D eigenvalue weighted by molar-refractivity contribution is 5.98. The van der Waals surface area contributed by atoms with Crippen molar-refractivity contribution in [2.45, 2.75) is 77.0 Å². The zero-order chi connectivity index (χ0) is 23.6. The Balaban J connectivity index is 1.47. The first-order valence-corrected chi connectivity index (χ1v) is 12.6. The molecule has 1 aromatic heterocycles. The van der Waals surface area contributed by atoms with Crippen LogP contribution in [-0.4, -0.2) is 50.8 Å². The first kappa shape index (κ1) is 21.5. The largest absolute Gasteiger partial charge is 0.351 e. The molecule has 3 aliphatic rings. The van der Waals surface area contributed by atoms with Gasteiger partial charge in [0, 0.05) is 35.3 Å². The summed E-state index contributed by atoms with van der Waals surface area (Å²) in [6.07, 6.45) is 4.83. The second-order valence-electron chi connectivity index (χ2n) is 10.9. The summed E-state index contributed by atoms with van der Waals surface area (Å²) in [7, 11) is 0. The summed E-state index contributed by atoms with van der Waals surface area (Å²) in [5.74, 6) is 0.217. The van der Waals surface area contributed by atoms with E-state index in [9.17, 15) is 9.59 Å². The molecule has 2 amide bonds. The van der Waals surface area contributed by atoms with Crippen LogP contribution in [0.25, 0.3) is 10.9 Å². The number of aryl methyl sites for hydroxylation is 1. The zero-order valence-electron chi connectivity index (χ0n) is 20.3. The smallest absolute Gasteiger partial charge is 0.270 e. The van der Waals surface area contributed by atoms with Gasteiger partial charge in [0.2, 0.25) is 5.91 Å². The molecule has 5 heteroatoms. The molecule has 3 aromatic rings. The third kappa shape index (κ3) is 3.13. The number of amides is 2. The Hall–Kier alpha value is -3.08. The van der Waals surface area contributed by atoms with E-state index in [0.717, 1.165) is 43.0 Å². The number of carbonyl (C=O) groups excluding carboxylic acids is 2. The monoisotopic (exact) mass is 455 g/mol. The third-order valence-electron chi connectivity index (χ3n) is 8.85. The Morgan fingerprint density at radius 1 is 1.03 bits per heavy atom. The lowest BCUT2D eigenvalue weighted by atomic mass is 9.64. The average Bonchev–Trinajstić information content (AvgIpc) is 3.37. The van der Waals surface area contributed by atoms with E-state index in [4.69, 9.17) is 0 Å². The molecule has 0 spiro atoms. The second-order valence-corrected chi connectivity index (χ2v) is 10.9. The molecular weight excluding hydrogens is 422 g/mol. The van der Waals surface area contributed by atoms with E-state index in [-0.39, 0.29) is 41.4 Å². The van der Waals surface area contributed by atoms with Crippen molar-refractivity contribution in [1.82, 2.24) is 14.8 Å². The maximum absolute atomic E-state index is 14.3. The summed E-state index contributed by atoms with van der Waals surface area (Å²) in [5, 5.41) is 1.06. The number of rotatable bonds is 3. The van der Waals surface area contributed by atoms with Gasteiger partial charge in [0.05, 0.1) is 12.1 Å². The maximum atomic E-state index is 14.3. The Bertz CT molecular complexity index is 1260. The number of likely N-dealkylation sites (tertiary alicyclic amines) is 2. The summed E-state index contributed by atoms with van der Waals surface area (Å²) in [6.45, 7) is 6.10. The predicted octanol–water partition coefficient (Wildman–Crippen LogP) is 5.09. The summed E-state index contributed by atoms with van der Waals surface area (Å²) in [4.78, 5) is 35.0. The summed E-state index contributed by atoms with van der Waals surface area (Å²) in [5.41, 5.74) is 3.98. The number of hydrogen-bond donors (Lipinski definition) is 1. The third-order valence-corrected chi connectivity index (χ3v) is 8.85. The Morgan fingerprint density at radius 3 is 2.50 bits per heavy atom. The first-order valence-electron chi connectivity index (χ1n) is 12.6. The molecule has 1 N–H and O–H groups in total. The second kappa shape index (κ2) is 7.72. The van der Waals surface area contributed by atoms with Crippen LogP contribution in [0.15, 0.2) is 54.6 Å². The van der Waals surface area contributed by atoms with Gasteiger partial charge in [-0.15, -0.1) is 0 Å². The zero-order valence-corrected chi connectivity index (χ0v) is 20.3. The van der Waals surface area contributed by atoms with Crippen LogP contribution in [0.5, 0.6) is 0 Å². The predicted molar refractivity (Wildman–Crippen MR) is 134 cm³/mol. The molecule has 0 unspecified atom stereocenters. The van der Waals surface area contributed by atoms with Gasteiger partial charge in [-0.3, -0.25) is 9.59 Å². The topological polar surface area (TPSA) is 56.4 Å². The van der Waals surface area contributed by atoms with Crippen LogP contribution < -0.4 is 0 Å². The molecule has 5 nitrogen and oxygen atoms in total. The van der Waals surface area contributed by atoms with E-state index in [0.29, 0.717) is 5.69 Å². The summed E-state index contributed by atoms with van der Waals surface area (Å²) >= 11 is 0. The van der Waals surface area contributed by atoms with Crippen LogP contribution in [-0.2, 0) is 11.2 Å². The number of carbonyl (C=O) groups is 2. The number of aromatic amines is 1. The Kier molecular flexibility index (Phi) is 4.87. The van der Waals surface area contributed by atoms with Gasteiger partial charge in [0.15, 0.2) is 0 Å². The number of hydrogen-bond acceptors (Lipinski definition) is 2. The molecule has 2 saturated heterocycles. The van der Waals surface area contributed by atoms with Crippen molar-refractivity contribution >= 4 is 22.7 Å². The minimum Gasteiger partial charge on any atom is -0.351 e. The van der Waals surface area contributed by atoms with Crippen LogP contribution >= 0.6 is 0 Å². The fourth-order valence-electron chi connectivity index (χ4n) is 7.42. The molecule has 1 saturated carbocycles. The van der Waals surface area contributed by atoms with Crippen molar-refractivity contribution in [2.75, 3.05) is 0 Å². The van der Waals surface area contributed by atoms with Crippen molar-refractivity contribution in [3.63, 3.8) is 0 Å². The fourth-order valence-corrected chi connectivity index (χ4v) is 7.42. The van der Waals surface area contributed by atoms with Gasteiger partial charge < -0.3 is 14.8 Å². The Morgan fingerprint density at radius 2 is 1.76 bits per heavy atom. The van der Waals surface area contributed by atoms with E-state index in [1.165, 1.54) is 11.1 Å². The van der Waals surface area contributed by atoms with Gasteiger partial charge in [-0.2, -0.15) is 0 Å². The molecule has 5 atom stereocenters. The van der Waals surface area contributed by atoms with Gasteiger partial charge >= 0.3 is 0 Å². The van der Waals surface area contributed by atoms with Crippen LogP contribution in [0.4, 0.5) is 0 Å². The van der Waals surface area contributed by atoms with Crippen LogP contribution in [0.1, 0.15) is 61.1 Å². The number of piperidine rings is 1. The number of aromatic nitrogens is 1. The molecule has 3 heterocycles. The van der Waals surface area contributed by atoms with Crippen LogP contribution in [0.2, 0.25) is 0 Å². The van der Waals surface area contributed by atoms with E-state index >= 15 is 0 Å². The van der Waals surface area contributed by atoms with Gasteiger partial charge in [-0.25, -0.2) is 0 Å². The molecule has 2 bridgehead atoms. The minimum absolute atomic E-state index is 0.0341. The molecule has 176 valence electrons. The normalized spacial score (nSPS) is 30.1. The minimum atomic E-state index is -0.0555. The number of benzene rings is 2. The van der Waals surface area contributed by atoms with Crippen molar-refractivity contribution < 1.29 is 9.59 Å². The van der Waals surface area contributed by atoms with Crippen molar-refractivity contribution in [3.05, 3.63) is 71.4 Å². The lowest BCUT2D eigenvalue weighted by molar-refractivity contribution is -0.133. The lowest BCUT2D eigenvalue weighted by Crippen LogP contribution is -2.62. The van der Waals surface area contributed by atoms with Gasteiger partial charge in [0.25, 0.3) is 5.91 Å². The van der Waals surface area contributed by atoms with Crippen molar-refractivity contribution in [2.24, 2.45) is 5.41 Å². The molecule has 34 heavy (non-hydrogen) atoms. The summed E-state index contributed by atoms with van der Waals surface area (Å²) < 4.78 is 0. The SMILES string of the molecule is CC(=O)N1[C@H]2CCC[C@H]3N(C(=O)c4cc5ccc(C)cc5[nH]4)[C@@H](Cc4ccccc4)[C@@H]1C[C@@]23C. The number of nitrogens with zero attached hydrogens (tertiary/aromatic N) is 2. The molecule has 1 aliphatic carbocycles. The average molecular weight is 456 g/mol. The quantitative estimate of drug-likeness (QED) is 0.598. The molecule has 6 rings (SSSR count). The van der Waals surface area contributed by atoms with E-state index in [1.807, 2.05) is 12.1 Å². The van der Waals surface area contributed by atoms with Crippen LogP contribution in [0.3, 0.4) is 0 Å². The van der Waals surface area contributed by atoms with E-state index < -0.39 is 0 Å². The van der Waals surface area contributed by atoms with Gasteiger partial charge in [0.1, 0.15) is 5.69 Å². The van der Waals surface area contributed by atoms with Crippen LogP contribution in [0, 0.1) is 12.3 Å². The highest BCUT2D eigenvalue weighted by atomic mass is 16.2. The maximum Gasteiger partial charge on any atom is 0.270 e. The molecule has 0 radical (unpaired) electrons. The van der Waals surface area contributed by atoms with E-state index in [1.54, 1.807) is 6.92 Å². The summed E-state index contributed by atoms with van der Waals surface area (Å²) in [6, 6.07) is 19.1. The molecule has 2 aliphatic heterocycles. The highest BCUT2D eigenvalue weighted by Crippen LogP contribution is 2.56. The fraction of sp³-hybridized carbons (Fsp3) is 0.448. The number of fused-ring (bicyclic) bond motifs is 2. The lowest BCUT2D eigenvalue weighted by Gasteiger charge is -2.52. The highest BCUT2D eigenvalue weighted by Gasteiger charge is 2.64. The van der Waals surface area contributed by atoms with Crippen molar-refractivity contribution in [1.29, 1.82) is 0 Å². The van der Waals surface area contributed by atoms with Gasteiger partial charge in [-0.1, -0.05) is 49.4 Å².